The highest BCUT2D eigenvalue weighted by Crippen LogP contribution is 3.44. The van der Waals surface area contributed by atoms with Crippen LogP contribution in [0.5, 0.6) is 0 Å². The summed E-state index contributed by atoms with van der Waals surface area (Å²) in [5.41, 5.74) is 0. The van der Waals surface area contributed by atoms with Crippen LogP contribution in [0.3, 0.4) is 0 Å². The molecule has 0 aliphatic carbocycles. The minimum Gasteiger partial charge on any atom is -0.102 e. The maximum atomic E-state index is 3.74. The van der Waals surface area contributed by atoms with Gasteiger partial charge < -0.3 is 0 Å². The van der Waals surface area contributed by atoms with Crippen LogP contribution in [0.25, 0.3) is 0 Å². The van der Waals surface area contributed by atoms with Crippen molar-refractivity contribution in [2.75, 3.05) is 0 Å². The van der Waals surface area contributed by atoms with E-state index in [9.17, 15) is 0 Å². The van der Waals surface area contributed by atoms with Crippen LogP contribution in [0, 0.1) is 0 Å². The van der Waals surface area contributed by atoms with Crippen molar-refractivity contribution in [3.05, 3.63) is 0 Å². The molecule has 0 saturated carbocycles. The van der Waals surface area contributed by atoms with Gasteiger partial charge in [-0.15, -0.1) is 295 Å². The molecule has 62 heteroatoms. The van der Waals surface area contributed by atoms with Gasteiger partial charge in [0.05, 0.1) is 4.38 Å². The van der Waals surface area contributed by atoms with Crippen LogP contribution in [0.2, 0.25) is 0 Å². The molecule has 0 heterocycles. The van der Waals surface area contributed by atoms with Crippen LogP contribution in [0.1, 0.15) is 0 Å². The minimum absolute atomic E-state index is 0.279. The van der Waals surface area contributed by atoms with Gasteiger partial charge in [0.2, 0.25) is 0 Å². The fourth-order valence-corrected chi connectivity index (χ4v) is 682. The summed E-state index contributed by atoms with van der Waals surface area (Å²) in [7, 11) is 118. The summed E-state index contributed by atoms with van der Waals surface area (Å²) in [6.07, 6.45) is 0. The monoisotopic (exact) mass is 2000 g/mol. The molecule has 0 aromatic heterocycles. The largest absolute Gasteiger partial charge is 0.102 e. The maximum absolute atomic E-state index is 3.74. The first-order chi connectivity index (χ1) is 28.5. The third kappa shape index (κ3) is 29.3. The number of hydrogen-bond acceptors (Lipinski definition) is 0. The van der Waals surface area contributed by atoms with Crippen molar-refractivity contribution in [1.29, 1.82) is 0 Å². The second kappa shape index (κ2) is 47.6. The van der Waals surface area contributed by atoms with E-state index in [1.807, 2.05) is 0 Å². The lowest BCUT2D eigenvalue weighted by molar-refractivity contribution is 1.87. The fraction of sp³-hybridized carbons (Fsp3) is 1.00. The number of rotatable bonds is 29. The van der Waals surface area contributed by atoms with Gasteiger partial charge in [-0.3, -0.25) is 0 Å². The first-order valence-corrected chi connectivity index (χ1v) is 124. The summed E-state index contributed by atoms with van der Waals surface area (Å²) >= 11 is 0. The van der Waals surface area contributed by atoms with Gasteiger partial charge in [-0.05, 0) is 204 Å². The summed E-state index contributed by atoms with van der Waals surface area (Å²) in [4.78, 5) is 0. The molecule has 0 spiro atoms. The molecule has 36 atom stereocenters. The van der Waals surface area contributed by atoms with E-state index in [-0.39, 0.29) is 175 Å². The Morgan fingerprint density at radius 3 is 0.349 bits per heavy atom. The number of hydrogen-bond donors (Lipinski definition) is 0. The van der Waals surface area contributed by atoms with Crippen LogP contribution in [0.15, 0.2) is 0 Å². The minimum atomic E-state index is -0.461. The Balaban J connectivity index is 11.8. The molecule has 0 fully saturated rings. The lowest BCUT2D eigenvalue weighted by atomic mass is 11.8. The van der Waals surface area contributed by atoms with E-state index >= 15 is 0 Å². The van der Waals surface area contributed by atoms with Gasteiger partial charge in [0.15, 0.2) is 0 Å². The summed E-state index contributed by atoms with van der Waals surface area (Å²) in [5.74, 6) is 0. The van der Waals surface area contributed by atoms with Crippen LogP contribution < -0.4 is 0 Å². The van der Waals surface area contributed by atoms with E-state index in [0.29, 0.717) is 4.38 Å². The molecular formula is CH66P62. The van der Waals surface area contributed by atoms with Crippen molar-refractivity contribution in [3.63, 3.8) is 0 Å². The average Bonchev–Trinajstić information content (AvgIpc) is 3.05. The predicted molar refractivity (Wildman–Crippen MR) is 524 cm³/mol. The third-order valence-electron chi connectivity index (χ3n) is 5.95. The van der Waals surface area contributed by atoms with Crippen LogP contribution in [-0.4, -0.2) is 4.38 Å². The first kappa shape index (κ1) is 89.7. The molecule has 0 bridgehead atoms. The van der Waals surface area contributed by atoms with E-state index in [0.717, 1.165) is 0 Å². The van der Waals surface area contributed by atoms with Crippen molar-refractivity contribution in [3.8, 4) is 0 Å². The Bertz CT molecular complexity index is 966. The Morgan fingerprint density at radius 1 is 0.143 bits per heavy atom. The average molecular weight is 2000 g/mol. The van der Waals surface area contributed by atoms with Gasteiger partial charge in [0, 0.05) is 0 Å². The van der Waals surface area contributed by atoms with Crippen LogP contribution in [0.4, 0.5) is 0 Å². The smallest absolute Gasteiger partial charge is 0.0860 e. The van der Waals surface area contributed by atoms with Gasteiger partial charge in [0.25, 0.3) is 0 Å². The second-order valence-corrected chi connectivity index (χ2v) is 253. The zero-order valence-electron chi connectivity index (χ0n) is 32.5. The van der Waals surface area contributed by atoms with E-state index in [1.54, 1.807) is 0 Å². The molecule has 0 saturated heterocycles. The lowest BCUT2D eigenvalue weighted by Gasteiger charge is -2.69. The van der Waals surface area contributed by atoms with E-state index in [1.165, 1.54) is 0 Å². The van der Waals surface area contributed by atoms with Crippen molar-refractivity contribution < 1.29 is 0 Å². The molecule has 0 aromatic carbocycles. The Hall–Kier alpha value is 26.7. The molecule has 0 aromatic rings. The summed E-state index contributed by atoms with van der Waals surface area (Å²) < 4.78 is 0.362. The highest BCUT2D eigenvalue weighted by atomic mass is 33.3. The lowest BCUT2D eigenvalue weighted by Crippen LogP contribution is -2.14. The highest BCUT2D eigenvalue weighted by Gasteiger charge is 2.72. The molecule has 0 aliphatic heterocycles. The molecule has 0 N–H and O–H groups in total. The van der Waals surface area contributed by atoms with E-state index < -0.39 is 29.2 Å². The van der Waals surface area contributed by atoms with Gasteiger partial charge in [0.1, 0.15) is 0 Å². The van der Waals surface area contributed by atoms with Crippen LogP contribution >= 0.6 is 499 Å². The first-order valence-electron chi connectivity index (χ1n) is 14.4. The van der Waals surface area contributed by atoms with Crippen molar-refractivity contribution >= 4 is 499 Å². The highest BCUT2D eigenvalue weighted by molar-refractivity contribution is 9.37. The van der Waals surface area contributed by atoms with Gasteiger partial charge in [-0.1, -0.05) is 0 Å². The SMILES string of the molecule is PP(P)P(P)P(P(P)P)P(P(P(P)P)P(P)P)C(P(P(P(P)P)P(P)P)P(P(P)P)P(P)P)(P(P(P(P)P)P(P)P)P(P(P)P)P(P)P)P(P(P(P)P)P(P)P)P(P(P)P)P(P)P. The van der Waals surface area contributed by atoms with Gasteiger partial charge in [-0.2, -0.15) is 0 Å². The quantitative estimate of drug-likeness (QED) is 0.0655. The van der Waals surface area contributed by atoms with E-state index in [4.69, 9.17) is 0 Å². The fourth-order valence-electron chi connectivity index (χ4n) is 4.31. The summed E-state index contributed by atoms with van der Waals surface area (Å²) in [5, 5.41) is 0. The summed E-state index contributed by atoms with van der Waals surface area (Å²) in [6, 6.07) is 0. The molecule has 36 unspecified atom stereocenters. The van der Waals surface area contributed by atoms with Gasteiger partial charge in [-0.25, -0.2) is 0 Å². The standard InChI is InChI=1S/CH66P62/c2-39(3)55(34)63(54(32)33)38(62(52(28)29)53(30)31)1(35(56(40(4)5)41(6)7)57(42(8)9)43(10)11,36(58(44(12)13)45(14)15)59(46(16)17)47(18)19)37(60(48(20)21)49(22)23)61(50(24)25)51(26)27/h2-34H2. The van der Waals surface area contributed by atoms with Crippen molar-refractivity contribution in [2.45, 2.75) is 4.38 Å². The zero-order chi connectivity index (χ0) is 50.2. The predicted octanol–water partition coefficient (Wildman–Crippen LogP) is 35.5. The Labute approximate surface area is 495 Å². The molecule has 0 rings (SSSR count). The second-order valence-electron chi connectivity index (χ2n) is 10.3. The van der Waals surface area contributed by atoms with Gasteiger partial charge >= 0.3 is 0 Å². The molecule has 0 nitrogen and oxygen atoms in total. The third-order valence-corrected chi connectivity index (χ3v) is 385. The van der Waals surface area contributed by atoms with Crippen LogP contribution in [-0.2, 0) is 0 Å². The van der Waals surface area contributed by atoms with Crippen molar-refractivity contribution in [2.24, 2.45) is 0 Å². The Kier molecular flexibility index (Phi) is 67.7. The molecule has 63 heavy (non-hydrogen) atoms. The van der Waals surface area contributed by atoms with Crippen molar-refractivity contribution in [1.82, 2.24) is 0 Å². The Morgan fingerprint density at radius 2 is 0.254 bits per heavy atom. The zero-order valence-corrected chi connectivity index (χ0v) is 96.6. The molecular weight excluding hydrogens is 1930 g/mol. The molecule has 0 aliphatic rings. The normalized spacial score (nSPS) is 16.0. The van der Waals surface area contributed by atoms with E-state index in [2.05, 4.69) is 295 Å². The maximum Gasteiger partial charge on any atom is 0.0860 e. The topological polar surface area (TPSA) is 0 Å². The molecule has 380 valence electrons. The molecule has 0 amide bonds. The summed E-state index contributed by atoms with van der Waals surface area (Å²) in [6.45, 7) is -8.52. The molecule has 0 radical (unpaired) electrons.